The number of rotatable bonds is 6. The molecule has 0 aliphatic heterocycles. The Morgan fingerprint density at radius 1 is 1.44 bits per heavy atom. The Hall–Kier alpha value is -1.55. The standard InChI is InChI=1S/C14H20N2O2/c15-7-6-14(18)16(9-11-4-5-11)10-12-2-1-3-13(17)8-12/h1-3,8,11,17H,4-7,9-10,15H2. The summed E-state index contributed by atoms with van der Waals surface area (Å²) in [6.45, 7) is 1.76. The summed E-state index contributed by atoms with van der Waals surface area (Å²) < 4.78 is 0. The summed E-state index contributed by atoms with van der Waals surface area (Å²) in [7, 11) is 0. The van der Waals surface area contributed by atoms with Crippen LogP contribution in [0, 0.1) is 5.92 Å². The fourth-order valence-electron chi connectivity index (χ4n) is 2.02. The molecule has 1 aliphatic rings. The minimum Gasteiger partial charge on any atom is -0.508 e. The molecular weight excluding hydrogens is 228 g/mol. The van der Waals surface area contributed by atoms with Gasteiger partial charge in [0.05, 0.1) is 0 Å². The topological polar surface area (TPSA) is 66.6 Å². The van der Waals surface area contributed by atoms with Gasteiger partial charge in [-0.25, -0.2) is 0 Å². The molecule has 0 radical (unpaired) electrons. The second kappa shape index (κ2) is 5.87. The van der Waals surface area contributed by atoms with Crippen LogP contribution in [-0.4, -0.2) is 29.0 Å². The lowest BCUT2D eigenvalue weighted by molar-refractivity contribution is -0.131. The van der Waals surface area contributed by atoms with Crippen LogP contribution in [0.1, 0.15) is 24.8 Å². The number of nitrogens with two attached hydrogens (primary N) is 1. The van der Waals surface area contributed by atoms with E-state index in [1.807, 2.05) is 11.0 Å². The van der Waals surface area contributed by atoms with E-state index < -0.39 is 0 Å². The molecule has 1 aliphatic carbocycles. The van der Waals surface area contributed by atoms with Crippen LogP contribution >= 0.6 is 0 Å². The fraction of sp³-hybridized carbons (Fsp3) is 0.500. The van der Waals surface area contributed by atoms with Gasteiger partial charge in [0.1, 0.15) is 5.75 Å². The molecule has 98 valence electrons. The summed E-state index contributed by atoms with van der Waals surface area (Å²) >= 11 is 0. The summed E-state index contributed by atoms with van der Waals surface area (Å²) in [4.78, 5) is 13.8. The van der Waals surface area contributed by atoms with E-state index in [9.17, 15) is 9.90 Å². The molecule has 0 heterocycles. The molecule has 2 rings (SSSR count). The Morgan fingerprint density at radius 2 is 2.22 bits per heavy atom. The van der Waals surface area contributed by atoms with Crippen molar-refractivity contribution < 1.29 is 9.90 Å². The summed E-state index contributed by atoms with van der Waals surface area (Å²) in [5.41, 5.74) is 6.40. The Bertz CT molecular complexity index is 416. The van der Waals surface area contributed by atoms with Crippen LogP contribution in [0.25, 0.3) is 0 Å². The highest BCUT2D eigenvalue weighted by atomic mass is 16.3. The van der Waals surface area contributed by atoms with Gasteiger partial charge >= 0.3 is 0 Å². The van der Waals surface area contributed by atoms with Gasteiger partial charge in [-0.2, -0.15) is 0 Å². The second-order valence-corrected chi connectivity index (χ2v) is 4.93. The average molecular weight is 248 g/mol. The first-order valence-corrected chi connectivity index (χ1v) is 6.45. The van der Waals surface area contributed by atoms with Crippen molar-refractivity contribution in [2.45, 2.75) is 25.8 Å². The van der Waals surface area contributed by atoms with Gasteiger partial charge < -0.3 is 15.7 Å². The van der Waals surface area contributed by atoms with Crippen molar-refractivity contribution in [1.82, 2.24) is 4.90 Å². The number of carbonyl (C=O) groups is 1. The van der Waals surface area contributed by atoms with Gasteiger partial charge in [0.2, 0.25) is 5.91 Å². The smallest absolute Gasteiger partial charge is 0.224 e. The number of hydrogen-bond acceptors (Lipinski definition) is 3. The van der Waals surface area contributed by atoms with Crippen molar-refractivity contribution in [1.29, 1.82) is 0 Å². The van der Waals surface area contributed by atoms with E-state index >= 15 is 0 Å². The third kappa shape index (κ3) is 3.74. The normalized spacial score (nSPS) is 14.5. The fourth-order valence-corrected chi connectivity index (χ4v) is 2.02. The molecule has 0 saturated heterocycles. The third-order valence-electron chi connectivity index (χ3n) is 3.17. The quantitative estimate of drug-likeness (QED) is 0.801. The van der Waals surface area contributed by atoms with Gasteiger partial charge in [0.15, 0.2) is 0 Å². The van der Waals surface area contributed by atoms with E-state index in [2.05, 4.69) is 0 Å². The Morgan fingerprint density at radius 3 is 2.83 bits per heavy atom. The van der Waals surface area contributed by atoms with Crippen LogP contribution in [0.4, 0.5) is 0 Å². The Labute approximate surface area is 107 Å². The van der Waals surface area contributed by atoms with Crippen LogP contribution in [0.2, 0.25) is 0 Å². The third-order valence-corrected chi connectivity index (χ3v) is 3.17. The number of aromatic hydroxyl groups is 1. The van der Waals surface area contributed by atoms with E-state index in [4.69, 9.17) is 5.73 Å². The zero-order chi connectivity index (χ0) is 13.0. The maximum Gasteiger partial charge on any atom is 0.224 e. The lowest BCUT2D eigenvalue weighted by Crippen LogP contribution is -2.33. The first kappa shape index (κ1) is 12.9. The van der Waals surface area contributed by atoms with E-state index in [0.29, 0.717) is 25.4 Å². The molecule has 1 fully saturated rings. The molecule has 0 spiro atoms. The van der Waals surface area contributed by atoms with E-state index in [1.165, 1.54) is 12.8 Å². The molecule has 1 saturated carbocycles. The highest BCUT2D eigenvalue weighted by molar-refractivity contribution is 5.76. The maximum absolute atomic E-state index is 12.0. The molecule has 3 N–H and O–H groups in total. The van der Waals surface area contributed by atoms with Gasteiger partial charge in [0, 0.05) is 26.1 Å². The van der Waals surface area contributed by atoms with Crippen molar-refractivity contribution in [2.24, 2.45) is 11.7 Å². The van der Waals surface area contributed by atoms with Gasteiger partial charge in [-0.3, -0.25) is 4.79 Å². The molecule has 4 nitrogen and oxygen atoms in total. The largest absolute Gasteiger partial charge is 0.508 e. The van der Waals surface area contributed by atoms with Crippen LogP contribution in [-0.2, 0) is 11.3 Å². The van der Waals surface area contributed by atoms with Crippen molar-refractivity contribution in [2.75, 3.05) is 13.1 Å². The van der Waals surface area contributed by atoms with E-state index in [0.717, 1.165) is 12.1 Å². The average Bonchev–Trinajstić information content (AvgIpc) is 3.12. The monoisotopic (exact) mass is 248 g/mol. The molecule has 4 heteroatoms. The number of hydrogen-bond donors (Lipinski definition) is 2. The Kier molecular flexibility index (Phi) is 4.20. The second-order valence-electron chi connectivity index (χ2n) is 4.93. The Balaban J connectivity index is 2.01. The van der Waals surface area contributed by atoms with Crippen molar-refractivity contribution in [3.05, 3.63) is 29.8 Å². The van der Waals surface area contributed by atoms with Crippen molar-refractivity contribution in [3.8, 4) is 5.75 Å². The summed E-state index contributed by atoms with van der Waals surface area (Å²) in [5.74, 6) is 1.00. The summed E-state index contributed by atoms with van der Waals surface area (Å²) in [6, 6.07) is 7.06. The summed E-state index contributed by atoms with van der Waals surface area (Å²) in [6.07, 6.45) is 2.82. The lowest BCUT2D eigenvalue weighted by atomic mass is 10.2. The first-order valence-electron chi connectivity index (χ1n) is 6.45. The van der Waals surface area contributed by atoms with Gasteiger partial charge in [-0.1, -0.05) is 12.1 Å². The number of nitrogens with zero attached hydrogens (tertiary/aromatic N) is 1. The minimum absolute atomic E-state index is 0.104. The summed E-state index contributed by atoms with van der Waals surface area (Å²) in [5, 5.41) is 9.44. The molecule has 0 atom stereocenters. The number of benzene rings is 1. The van der Waals surface area contributed by atoms with E-state index in [1.54, 1.807) is 18.2 Å². The molecule has 1 aromatic rings. The van der Waals surface area contributed by atoms with Crippen LogP contribution in [0.15, 0.2) is 24.3 Å². The molecular formula is C14H20N2O2. The zero-order valence-corrected chi connectivity index (χ0v) is 10.5. The van der Waals surface area contributed by atoms with Crippen LogP contribution in [0.3, 0.4) is 0 Å². The molecule has 18 heavy (non-hydrogen) atoms. The molecule has 0 bridgehead atoms. The number of phenolic OH excluding ortho intramolecular Hbond substituents is 1. The SMILES string of the molecule is NCCC(=O)N(Cc1cccc(O)c1)CC1CC1. The van der Waals surface area contributed by atoms with Gasteiger partial charge in [-0.05, 0) is 36.5 Å². The molecule has 0 unspecified atom stereocenters. The lowest BCUT2D eigenvalue weighted by Gasteiger charge is -2.22. The zero-order valence-electron chi connectivity index (χ0n) is 10.5. The highest BCUT2D eigenvalue weighted by Crippen LogP contribution is 2.30. The molecule has 0 aromatic heterocycles. The van der Waals surface area contributed by atoms with Crippen LogP contribution < -0.4 is 5.73 Å². The number of amides is 1. The highest BCUT2D eigenvalue weighted by Gasteiger charge is 2.26. The minimum atomic E-state index is 0.104. The van der Waals surface area contributed by atoms with Crippen molar-refractivity contribution in [3.63, 3.8) is 0 Å². The molecule has 1 aromatic carbocycles. The number of phenols is 1. The number of carbonyl (C=O) groups excluding carboxylic acids is 1. The van der Waals surface area contributed by atoms with Gasteiger partial charge in [0.25, 0.3) is 0 Å². The molecule has 1 amide bonds. The van der Waals surface area contributed by atoms with E-state index in [-0.39, 0.29) is 11.7 Å². The van der Waals surface area contributed by atoms with Crippen LogP contribution in [0.5, 0.6) is 5.75 Å². The predicted octanol–water partition coefficient (Wildman–Crippen LogP) is 1.48. The van der Waals surface area contributed by atoms with Crippen molar-refractivity contribution >= 4 is 5.91 Å². The first-order chi connectivity index (χ1) is 8.69. The maximum atomic E-state index is 12.0. The predicted molar refractivity (Wildman–Crippen MR) is 69.9 cm³/mol. The van der Waals surface area contributed by atoms with Gasteiger partial charge in [-0.15, -0.1) is 0 Å².